The molecule has 2 heterocycles. The van der Waals surface area contributed by atoms with Crippen LogP contribution >= 0.6 is 24.0 Å². The Kier molecular flexibility index (Phi) is 7.48. The largest absolute Gasteiger partial charge is 0.377 e. The summed E-state index contributed by atoms with van der Waals surface area (Å²) >= 11 is 0. The van der Waals surface area contributed by atoms with Gasteiger partial charge in [0.15, 0.2) is 5.96 Å². The third-order valence-electron chi connectivity index (χ3n) is 8.01. The predicted molar refractivity (Wildman–Crippen MR) is 135 cm³/mol. The summed E-state index contributed by atoms with van der Waals surface area (Å²) < 4.78 is 12.3. The van der Waals surface area contributed by atoms with Crippen LogP contribution in [0.15, 0.2) is 29.3 Å². The summed E-state index contributed by atoms with van der Waals surface area (Å²) in [5.74, 6) is 2.07. The first-order valence-corrected chi connectivity index (χ1v) is 12.1. The van der Waals surface area contributed by atoms with Crippen molar-refractivity contribution in [3.63, 3.8) is 0 Å². The zero-order chi connectivity index (χ0) is 20.6. The van der Waals surface area contributed by atoms with Crippen molar-refractivity contribution in [1.29, 1.82) is 0 Å². The molecule has 2 N–H and O–H groups in total. The van der Waals surface area contributed by atoms with Gasteiger partial charge in [0.05, 0.1) is 12.2 Å². The Morgan fingerprint density at radius 3 is 2.61 bits per heavy atom. The van der Waals surface area contributed by atoms with E-state index in [9.17, 15) is 0 Å². The molecule has 2 aliphatic carbocycles. The van der Waals surface area contributed by atoms with E-state index in [0.717, 1.165) is 38.7 Å². The van der Waals surface area contributed by atoms with Crippen LogP contribution < -0.4 is 10.6 Å². The number of nitrogens with zero attached hydrogens (tertiary/aromatic N) is 1. The number of hydrogen-bond donors (Lipinski definition) is 2. The van der Waals surface area contributed by atoms with Crippen LogP contribution in [-0.4, -0.2) is 44.4 Å². The highest BCUT2D eigenvalue weighted by Gasteiger charge is 2.66. The second-order valence-electron chi connectivity index (χ2n) is 9.78. The molecule has 0 radical (unpaired) electrons. The Morgan fingerprint density at radius 2 is 1.90 bits per heavy atom. The van der Waals surface area contributed by atoms with Crippen LogP contribution in [0.5, 0.6) is 0 Å². The molecule has 2 saturated heterocycles. The number of rotatable bonds is 5. The lowest BCUT2D eigenvalue weighted by molar-refractivity contribution is -0.171. The molecule has 0 amide bonds. The van der Waals surface area contributed by atoms with Gasteiger partial charge in [0.1, 0.15) is 0 Å². The highest BCUT2D eigenvalue weighted by Crippen LogP contribution is 2.62. The highest BCUT2D eigenvalue weighted by atomic mass is 127. The number of benzene rings is 1. The lowest BCUT2D eigenvalue weighted by Crippen LogP contribution is -2.72. The molecule has 0 bridgehead atoms. The summed E-state index contributed by atoms with van der Waals surface area (Å²) in [6.07, 6.45) is 8.08. The predicted octanol–water partition coefficient (Wildman–Crippen LogP) is 4.59. The van der Waals surface area contributed by atoms with E-state index in [1.54, 1.807) is 0 Å². The molecule has 2 saturated carbocycles. The molecule has 6 heteroatoms. The molecule has 1 aromatic carbocycles. The number of aryl methyl sites for hydroxylation is 1. The van der Waals surface area contributed by atoms with Gasteiger partial charge in [-0.25, -0.2) is 0 Å². The van der Waals surface area contributed by atoms with Crippen molar-refractivity contribution >= 4 is 29.9 Å². The minimum atomic E-state index is 0. The topological polar surface area (TPSA) is 54.9 Å². The first-order chi connectivity index (χ1) is 14.7. The summed E-state index contributed by atoms with van der Waals surface area (Å²) in [7, 11) is 0. The van der Waals surface area contributed by atoms with Crippen LogP contribution in [0, 0.1) is 24.2 Å². The summed E-state index contributed by atoms with van der Waals surface area (Å²) in [6, 6.07) is 9.34. The van der Waals surface area contributed by atoms with Crippen LogP contribution in [-0.2, 0) is 9.47 Å². The molecule has 4 fully saturated rings. The fraction of sp³-hybridized carbons (Fsp3) is 0.720. The Bertz CT molecular complexity index is 765. The van der Waals surface area contributed by atoms with Gasteiger partial charge in [0.25, 0.3) is 0 Å². The molecule has 5 rings (SSSR count). The van der Waals surface area contributed by atoms with Crippen LogP contribution in [0.1, 0.15) is 62.7 Å². The third-order valence-corrected chi connectivity index (χ3v) is 8.01. The summed E-state index contributed by atoms with van der Waals surface area (Å²) in [4.78, 5) is 5.06. The lowest BCUT2D eigenvalue weighted by Gasteiger charge is -2.63. The summed E-state index contributed by atoms with van der Waals surface area (Å²) in [5, 5.41) is 7.34. The zero-order valence-corrected chi connectivity index (χ0v) is 21.3. The van der Waals surface area contributed by atoms with Crippen molar-refractivity contribution in [3.05, 3.63) is 35.4 Å². The van der Waals surface area contributed by atoms with Crippen LogP contribution in [0.3, 0.4) is 0 Å². The van der Waals surface area contributed by atoms with Gasteiger partial charge in [-0.1, -0.05) is 36.2 Å². The van der Waals surface area contributed by atoms with E-state index in [1.165, 1.54) is 43.2 Å². The Balaban J connectivity index is 0.00000231. The zero-order valence-electron chi connectivity index (χ0n) is 18.9. The molecular weight excluding hydrogens is 501 g/mol. The van der Waals surface area contributed by atoms with E-state index in [2.05, 4.69) is 48.7 Å². The average molecular weight is 540 g/mol. The van der Waals surface area contributed by atoms with Gasteiger partial charge in [0, 0.05) is 49.6 Å². The average Bonchev–Trinajstić information content (AvgIpc) is 3.15. The second-order valence-corrected chi connectivity index (χ2v) is 9.78. The van der Waals surface area contributed by atoms with Crippen molar-refractivity contribution in [2.24, 2.45) is 22.2 Å². The molecule has 4 aliphatic rings. The van der Waals surface area contributed by atoms with E-state index in [1.807, 2.05) is 0 Å². The van der Waals surface area contributed by atoms with Crippen molar-refractivity contribution in [2.75, 3.05) is 26.3 Å². The monoisotopic (exact) mass is 539 g/mol. The Labute approximate surface area is 204 Å². The highest BCUT2D eigenvalue weighted by molar-refractivity contribution is 14.0. The summed E-state index contributed by atoms with van der Waals surface area (Å²) in [6.45, 7) is 7.76. The Morgan fingerprint density at radius 1 is 1.10 bits per heavy atom. The lowest BCUT2D eigenvalue weighted by atomic mass is 9.46. The normalized spacial score (nSPS) is 33.6. The standard InChI is InChI=1S/C25H37N3O2.HI/c1-3-26-24(28-22-20-11-15-30-23(20)25(22)12-5-13-25)27-16-19-6-4-14-29-21(19)18-9-7-17(2)8-10-18;/h7-10,19-23H,3-6,11-16H2,1-2H3,(H2,26,27,28);1H. The van der Waals surface area contributed by atoms with E-state index < -0.39 is 0 Å². The van der Waals surface area contributed by atoms with Crippen LogP contribution in [0.4, 0.5) is 0 Å². The number of guanidine groups is 1. The molecule has 172 valence electrons. The molecule has 1 spiro atoms. The smallest absolute Gasteiger partial charge is 0.191 e. The molecule has 1 aromatic rings. The van der Waals surface area contributed by atoms with Gasteiger partial charge >= 0.3 is 0 Å². The van der Waals surface area contributed by atoms with Crippen LogP contribution in [0.2, 0.25) is 0 Å². The second kappa shape index (κ2) is 9.96. The molecule has 0 aromatic heterocycles. The first-order valence-electron chi connectivity index (χ1n) is 12.1. The molecular formula is C25H38IN3O2. The molecule has 31 heavy (non-hydrogen) atoms. The van der Waals surface area contributed by atoms with Crippen molar-refractivity contribution < 1.29 is 9.47 Å². The molecule has 5 nitrogen and oxygen atoms in total. The maximum absolute atomic E-state index is 6.21. The fourth-order valence-corrected chi connectivity index (χ4v) is 6.29. The molecule has 5 unspecified atom stereocenters. The fourth-order valence-electron chi connectivity index (χ4n) is 6.29. The van der Waals surface area contributed by atoms with Crippen molar-refractivity contribution in [1.82, 2.24) is 10.6 Å². The maximum atomic E-state index is 6.21. The number of hydrogen-bond acceptors (Lipinski definition) is 3. The van der Waals surface area contributed by atoms with Gasteiger partial charge < -0.3 is 20.1 Å². The van der Waals surface area contributed by atoms with Crippen molar-refractivity contribution in [2.45, 2.75) is 70.6 Å². The minimum Gasteiger partial charge on any atom is -0.377 e. The quantitative estimate of drug-likeness (QED) is 0.327. The van der Waals surface area contributed by atoms with Gasteiger partial charge in [-0.15, -0.1) is 24.0 Å². The van der Waals surface area contributed by atoms with E-state index in [-0.39, 0.29) is 30.1 Å². The first kappa shape index (κ1) is 23.3. The van der Waals surface area contributed by atoms with E-state index >= 15 is 0 Å². The molecule has 5 atom stereocenters. The van der Waals surface area contributed by atoms with Gasteiger partial charge in [-0.05, 0) is 51.5 Å². The van der Waals surface area contributed by atoms with E-state index in [0.29, 0.717) is 29.4 Å². The third kappa shape index (κ3) is 4.36. The molecule has 2 aliphatic heterocycles. The summed E-state index contributed by atoms with van der Waals surface area (Å²) in [5.41, 5.74) is 2.95. The maximum Gasteiger partial charge on any atom is 0.191 e. The van der Waals surface area contributed by atoms with Gasteiger partial charge in [-0.3, -0.25) is 4.99 Å². The van der Waals surface area contributed by atoms with Gasteiger partial charge in [-0.2, -0.15) is 0 Å². The number of fused-ring (bicyclic) bond motifs is 2. The minimum absolute atomic E-state index is 0. The SMILES string of the molecule is CCNC(=NCC1CCCOC1c1ccc(C)cc1)NC1C2CCOC2C12CCC2.I. The number of aliphatic imine (C=N–C) groups is 1. The number of ether oxygens (including phenoxy) is 2. The number of halogens is 1. The van der Waals surface area contributed by atoms with Crippen molar-refractivity contribution in [3.8, 4) is 0 Å². The van der Waals surface area contributed by atoms with E-state index in [4.69, 9.17) is 14.5 Å². The number of nitrogens with one attached hydrogen (secondary N) is 2. The Hall–Kier alpha value is -0.860. The van der Waals surface area contributed by atoms with Crippen LogP contribution in [0.25, 0.3) is 0 Å². The van der Waals surface area contributed by atoms with Gasteiger partial charge in [0.2, 0.25) is 0 Å².